The van der Waals surface area contributed by atoms with E-state index in [2.05, 4.69) is 34.4 Å². The second-order valence-electron chi connectivity index (χ2n) is 14.4. The molecule has 0 aromatic heterocycles. The Kier molecular flexibility index (Phi) is 12.5. The van der Waals surface area contributed by atoms with Crippen molar-refractivity contribution in [2.45, 2.75) is 79.9 Å². The second kappa shape index (κ2) is 17.3. The van der Waals surface area contributed by atoms with Crippen molar-refractivity contribution in [1.29, 1.82) is 0 Å². The average Bonchev–Trinajstić information content (AvgIpc) is 3.78. The van der Waals surface area contributed by atoms with Crippen molar-refractivity contribution < 1.29 is 33.8 Å². The number of hydrogen-bond donors (Lipinski definition) is 2. The first-order chi connectivity index (χ1) is 26.1. The molecule has 3 amide bonds. The molecule has 1 unspecified atom stereocenters. The second-order valence-corrected chi connectivity index (χ2v) is 15.6. The number of hydrogen-bond acceptors (Lipinski definition) is 7. The van der Waals surface area contributed by atoms with Crippen LogP contribution < -0.4 is 5.32 Å². The fraction of sp³-hybridized carbons (Fsp3) is 0.395. The molecule has 3 fully saturated rings. The summed E-state index contributed by atoms with van der Waals surface area (Å²) in [5.41, 5.74) is 1.07. The van der Waals surface area contributed by atoms with Gasteiger partial charge < -0.3 is 29.7 Å². The van der Waals surface area contributed by atoms with E-state index in [0.29, 0.717) is 18.4 Å². The molecule has 3 aromatic carbocycles. The van der Waals surface area contributed by atoms with Gasteiger partial charge in [0.1, 0.15) is 17.7 Å². The first kappa shape index (κ1) is 39.1. The van der Waals surface area contributed by atoms with E-state index >= 15 is 9.59 Å². The van der Waals surface area contributed by atoms with Gasteiger partial charge in [0.15, 0.2) is 0 Å². The number of benzene rings is 3. The van der Waals surface area contributed by atoms with Gasteiger partial charge >= 0.3 is 5.97 Å². The maximum atomic E-state index is 15.1. The molecule has 10 nitrogen and oxygen atoms in total. The van der Waals surface area contributed by atoms with Gasteiger partial charge in [-0.2, -0.15) is 0 Å². The Morgan fingerprint density at radius 1 is 1.02 bits per heavy atom. The molecule has 3 saturated heterocycles. The highest BCUT2D eigenvalue weighted by Crippen LogP contribution is 2.61. The van der Waals surface area contributed by atoms with Gasteiger partial charge in [0, 0.05) is 24.3 Å². The smallest absolute Gasteiger partial charge is 0.313 e. The molecule has 284 valence electrons. The van der Waals surface area contributed by atoms with Gasteiger partial charge in [-0.3, -0.25) is 19.2 Å². The molecule has 0 radical (unpaired) electrons. The van der Waals surface area contributed by atoms with E-state index in [9.17, 15) is 14.7 Å². The minimum Gasteiger partial charge on any atom is -0.455 e. The Morgan fingerprint density at radius 3 is 2.26 bits per heavy atom. The highest BCUT2D eigenvalue weighted by atomic mass is 79.9. The molecular weight excluding hydrogens is 750 g/mol. The largest absolute Gasteiger partial charge is 0.455 e. The van der Waals surface area contributed by atoms with Gasteiger partial charge in [-0.15, -0.1) is 13.2 Å². The van der Waals surface area contributed by atoms with E-state index in [1.807, 2.05) is 91.0 Å². The van der Waals surface area contributed by atoms with Crippen molar-refractivity contribution in [3.63, 3.8) is 0 Å². The number of ether oxygens (including phenoxy) is 2. The molecule has 6 rings (SSSR count). The first-order valence-corrected chi connectivity index (χ1v) is 19.4. The summed E-state index contributed by atoms with van der Waals surface area (Å²) in [4.78, 5) is 60.2. The number of fused-ring (bicyclic) bond motifs is 1. The predicted octanol–water partition coefficient (Wildman–Crippen LogP) is 5.31. The number of alkyl halides is 1. The number of nitrogens with zero attached hydrogens (tertiary/aromatic N) is 2. The van der Waals surface area contributed by atoms with Crippen molar-refractivity contribution >= 4 is 39.6 Å². The standard InChI is InChI=1S/C43H48BrN3O7/c1-4-6-22-34(49)45-28(3)37(31-20-14-9-15-21-31)53-42(52)35-36-40(50)47(32(27-48)24-29-16-10-7-11-17-29)39(43(36)25-33(44)38(35)54-43)41(51)46(23-5-2)26-30-18-12-8-13-19-30/h4-5,7-21,28,32-33,35-39,48H,1-2,6,22-27H2,3H3,(H,45,49)/t28-,32+,33?,35-,36+,37-,38-,39-,43+/m0/s1. The molecule has 3 aliphatic heterocycles. The third kappa shape index (κ3) is 7.80. The summed E-state index contributed by atoms with van der Waals surface area (Å²) in [6, 6.07) is 25.7. The van der Waals surface area contributed by atoms with Crippen LogP contribution >= 0.6 is 15.9 Å². The lowest BCUT2D eigenvalue weighted by Crippen LogP contribution is -2.59. The Morgan fingerprint density at radius 2 is 1.65 bits per heavy atom. The van der Waals surface area contributed by atoms with Crippen LogP contribution in [0.1, 0.15) is 49.0 Å². The number of carbonyl (C=O) groups excluding carboxylic acids is 4. The summed E-state index contributed by atoms with van der Waals surface area (Å²) in [6.07, 6.45) is 2.98. The molecule has 3 aromatic rings. The fourth-order valence-corrected chi connectivity index (χ4v) is 9.39. The predicted molar refractivity (Wildman–Crippen MR) is 208 cm³/mol. The average molecular weight is 799 g/mol. The lowest BCUT2D eigenvalue weighted by atomic mass is 9.70. The van der Waals surface area contributed by atoms with E-state index in [1.54, 1.807) is 24.0 Å². The van der Waals surface area contributed by atoms with E-state index in [1.165, 1.54) is 4.90 Å². The van der Waals surface area contributed by atoms with Crippen molar-refractivity contribution in [2.75, 3.05) is 13.2 Å². The molecule has 1 spiro atoms. The lowest BCUT2D eigenvalue weighted by molar-refractivity contribution is -0.162. The number of rotatable bonds is 17. The summed E-state index contributed by atoms with van der Waals surface area (Å²) < 4.78 is 13.1. The summed E-state index contributed by atoms with van der Waals surface area (Å²) in [6.45, 7) is 9.42. The van der Waals surface area contributed by atoms with E-state index in [4.69, 9.17) is 9.47 Å². The summed E-state index contributed by atoms with van der Waals surface area (Å²) >= 11 is 3.76. The Labute approximate surface area is 325 Å². The van der Waals surface area contributed by atoms with Crippen LogP contribution in [-0.4, -0.2) is 86.4 Å². The monoisotopic (exact) mass is 797 g/mol. The minimum atomic E-state index is -1.39. The first-order valence-electron chi connectivity index (χ1n) is 18.5. The molecule has 54 heavy (non-hydrogen) atoms. The Hall–Kier alpha value is -4.58. The molecule has 3 aliphatic rings. The number of nitrogens with one attached hydrogen (secondary N) is 1. The van der Waals surface area contributed by atoms with Crippen LogP contribution in [0.5, 0.6) is 0 Å². The van der Waals surface area contributed by atoms with Gasteiger partial charge in [0.2, 0.25) is 17.7 Å². The van der Waals surface area contributed by atoms with Crippen molar-refractivity contribution in [2.24, 2.45) is 11.8 Å². The van der Waals surface area contributed by atoms with E-state index in [-0.39, 0.29) is 42.6 Å². The molecule has 3 heterocycles. The SMILES string of the molecule is C=CCCC(=O)N[C@@H](C)[C@H](OC(=O)[C@@H]1[C@H]2O[C@@]3(CC2Br)[C@H](C(=O)N(CC=C)Cc2ccccc2)N([C@@H](CO)Cc2ccccc2)C(=O)[C@@H]13)c1ccccc1. The van der Waals surface area contributed by atoms with Crippen LogP contribution in [0.25, 0.3) is 0 Å². The van der Waals surface area contributed by atoms with E-state index < -0.39 is 66.3 Å². The van der Waals surface area contributed by atoms with Crippen LogP contribution in [0, 0.1) is 11.8 Å². The Balaban J connectivity index is 1.38. The number of amides is 3. The molecular formula is C43H48BrN3O7. The summed E-state index contributed by atoms with van der Waals surface area (Å²) in [5.74, 6) is -3.78. The number of allylic oxidation sites excluding steroid dienone is 1. The molecule has 11 heteroatoms. The minimum absolute atomic E-state index is 0.206. The maximum absolute atomic E-state index is 15.1. The molecule has 0 saturated carbocycles. The summed E-state index contributed by atoms with van der Waals surface area (Å²) in [7, 11) is 0. The number of esters is 1. The van der Waals surface area contributed by atoms with Gasteiger partial charge in [-0.1, -0.05) is 119 Å². The maximum Gasteiger partial charge on any atom is 0.313 e. The number of halogens is 1. The van der Waals surface area contributed by atoms with E-state index in [0.717, 1.165) is 11.1 Å². The number of aliphatic hydroxyl groups is 1. The highest BCUT2D eigenvalue weighted by molar-refractivity contribution is 9.09. The molecule has 2 N–H and O–H groups in total. The lowest BCUT2D eigenvalue weighted by Gasteiger charge is -2.39. The zero-order valence-electron chi connectivity index (χ0n) is 30.5. The molecule has 0 aliphatic carbocycles. The van der Waals surface area contributed by atoms with Crippen LogP contribution in [0.15, 0.2) is 116 Å². The van der Waals surface area contributed by atoms with Crippen molar-refractivity contribution in [3.05, 3.63) is 133 Å². The summed E-state index contributed by atoms with van der Waals surface area (Å²) in [5, 5.41) is 13.9. The highest BCUT2D eigenvalue weighted by Gasteiger charge is 2.77. The number of likely N-dealkylation sites (tertiary alicyclic amines) is 1. The third-order valence-electron chi connectivity index (χ3n) is 10.8. The number of carbonyl (C=O) groups is 4. The van der Waals surface area contributed by atoms with Gasteiger partial charge in [0.25, 0.3) is 0 Å². The third-order valence-corrected chi connectivity index (χ3v) is 11.7. The quantitative estimate of drug-likeness (QED) is 0.108. The molecule has 9 atom stereocenters. The van der Waals surface area contributed by atoms with Crippen molar-refractivity contribution in [3.8, 4) is 0 Å². The zero-order valence-corrected chi connectivity index (χ0v) is 32.1. The topological polar surface area (TPSA) is 125 Å². The van der Waals surface area contributed by atoms with Crippen LogP contribution in [0.2, 0.25) is 0 Å². The van der Waals surface area contributed by atoms with Crippen LogP contribution in [-0.2, 0) is 41.6 Å². The fourth-order valence-electron chi connectivity index (χ4n) is 8.45. The van der Waals surface area contributed by atoms with Gasteiger partial charge in [-0.25, -0.2) is 0 Å². The normalized spacial score (nSPS) is 25.6. The van der Waals surface area contributed by atoms with Gasteiger partial charge in [-0.05, 0) is 42.9 Å². The zero-order chi connectivity index (χ0) is 38.4. The number of aliphatic hydroxyl groups excluding tert-OH is 1. The Bertz CT molecular complexity index is 1810. The van der Waals surface area contributed by atoms with Crippen LogP contribution in [0.4, 0.5) is 0 Å². The van der Waals surface area contributed by atoms with Crippen molar-refractivity contribution in [1.82, 2.24) is 15.1 Å². The molecule has 2 bridgehead atoms. The van der Waals surface area contributed by atoms with Crippen LogP contribution in [0.3, 0.4) is 0 Å². The van der Waals surface area contributed by atoms with Gasteiger partial charge in [0.05, 0.1) is 36.6 Å².